The molecule has 0 saturated carbocycles. The molecule has 0 unspecified atom stereocenters. The molecule has 1 aliphatic heterocycles. The van der Waals surface area contributed by atoms with E-state index in [9.17, 15) is 10.1 Å². The second-order valence-corrected chi connectivity index (χ2v) is 6.35. The first-order valence-corrected chi connectivity index (χ1v) is 8.85. The fourth-order valence-corrected chi connectivity index (χ4v) is 3.21. The highest BCUT2D eigenvalue weighted by molar-refractivity contribution is 5.82. The van der Waals surface area contributed by atoms with Gasteiger partial charge in [-0.1, -0.05) is 6.07 Å². The van der Waals surface area contributed by atoms with Gasteiger partial charge in [-0.05, 0) is 30.3 Å². The van der Waals surface area contributed by atoms with E-state index >= 15 is 0 Å². The molecule has 0 amide bonds. The van der Waals surface area contributed by atoms with Crippen LogP contribution in [-0.4, -0.2) is 36.8 Å². The molecule has 3 aromatic rings. The third-order valence-electron chi connectivity index (χ3n) is 4.53. The number of anilines is 1. The van der Waals surface area contributed by atoms with E-state index in [1.807, 2.05) is 24.3 Å². The molecular formula is C20H19N3O5. The van der Waals surface area contributed by atoms with Crippen molar-refractivity contribution < 1.29 is 19.1 Å². The Bertz CT molecular complexity index is 1020. The first-order chi connectivity index (χ1) is 13.7. The Hall–Kier alpha value is -3.39. The lowest BCUT2D eigenvalue weighted by Crippen LogP contribution is -2.14. The quantitative estimate of drug-likeness (QED) is 0.378. The SMILES string of the molecule is COCCOc1cccc2c1[C@H](Nc1ccc3cc([N+](=O)[O-])ccc3n1)CO2. The zero-order valence-electron chi connectivity index (χ0n) is 15.3. The molecule has 2 aromatic carbocycles. The van der Waals surface area contributed by atoms with Gasteiger partial charge in [-0.2, -0.15) is 0 Å². The van der Waals surface area contributed by atoms with Gasteiger partial charge in [-0.15, -0.1) is 0 Å². The average molecular weight is 381 g/mol. The van der Waals surface area contributed by atoms with Crippen molar-refractivity contribution in [3.63, 3.8) is 0 Å². The molecule has 144 valence electrons. The van der Waals surface area contributed by atoms with Crippen LogP contribution in [0.2, 0.25) is 0 Å². The van der Waals surface area contributed by atoms with E-state index in [2.05, 4.69) is 10.3 Å². The molecule has 0 radical (unpaired) electrons. The fourth-order valence-electron chi connectivity index (χ4n) is 3.21. The number of hydrogen-bond acceptors (Lipinski definition) is 7. The number of methoxy groups -OCH3 is 1. The maximum Gasteiger partial charge on any atom is 0.270 e. The van der Waals surface area contributed by atoms with Gasteiger partial charge < -0.3 is 19.5 Å². The Labute approximate surface area is 161 Å². The number of nitro benzene ring substituents is 1. The molecular weight excluding hydrogens is 362 g/mol. The summed E-state index contributed by atoms with van der Waals surface area (Å²) in [5, 5.41) is 15.0. The molecule has 28 heavy (non-hydrogen) atoms. The minimum Gasteiger partial charge on any atom is -0.491 e. The lowest BCUT2D eigenvalue weighted by Gasteiger charge is -2.16. The van der Waals surface area contributed by atoms with Crippen molar-refractivity contribution in [2.24, 2.45) is 0 Å². The van der Waals surface area contributed by atoms with Crippen molar-refractivity contribution in [2.75, 3.05) is 32.2 Å². The largest absolute Gasteiger partial charge is 0.491 e. The van der Waals surface area contributed by atoms with Crippen LogP contribution in [0.3, 0.4) is 0 Å². The van der Waals surface area contributed by atoms with E-state index in [0.717, 1.165) is 17.1 Å². The van der Waals surface area contributed by atoms with Crippen LogP contribution in [0.4, 0.5) is 11.5 Å². The summed E-state index contributed by atoms with van der Waals surface area (Å²) in [5.74, 6) is 2.19. The number of hydrogen-bond donors (Lipinski definition) is 1. The number of aromatic nitrogens is 1. The molecule has 8 nitrogen and oxygen atoms in total. The van der Waals surface area contributed by atoms with Gasteiger partial charge in [0.25, 0.3) is 5.69 Å². The third kappa shape index (κ3) is 3.54. The van der Waals surface area contributed by atoms with Crippen LogP contribution < -0.4 is 14.8 Å². The maximum atomic E-state index is 10.9. The molecule has 1 aliphatic rings. The molecule has 0 saturated heterocycles. The summed E-state index contributed by atoms with van der Waals surface area (Å²) in [5.41, 5.74) is 1.68. The van der Waals surface area contributed by atoms with E-state index in [1.165, 1.54) is 12.1 Å². The summed E-state index contributed by atoms with van der Waals surface area (Å²) in [4.78, 5) is 15.1. The number of nitro groups is 1. The van der Waals surface area contributed by atoms with Gasteiger partial charge in [0.2, 0.25) is 0 Å². The molecule has 0 bridgehead atoms. The molecule has 1 aromatic heterocycles. The fraction of sp³-hybridized carbons (Fsp3) is 0.250. The highest BCUT2D eigenvalue weighted by Crippen LogP contribution is 2.40. The monoisotopic (exact) mass is 381 g/mol. The second kappa shape index (κ2) is 7.69. The Morgan fingerprint density at radius 2 is 2.14 bits per heavy atom. The van der Waals surface area contributed by atoms with E-state index in [0.29, 0.717) is 36.5 Å². The Morgan fingerprint density at radius 3 is 2.96 bits per heavy atom. The van der Waals surface area contributed by atoms with E-state index in [1.54, 1.807) is 19.2 Å². The number of ether oxygens (including phenoxy) is 3. The van der Waals surface area contributed by atoms with Crippen LogP contribution in [0, 0.1) is 10.1 Å². The molecule has 0 fully saturated rings. The van der Waals surface area contributed by atoms with Gasteiger partial charge in [0.1, 0.15) is 30.5 Å². The van der Waals surface area contributed by atoms with Crippen LogP contribution in [0.5, 0.6) is 11.5 Å². The second-order valence-electron chi connectivity index (χ2n) is 6.35. The van der Waals surface area contributed by atoms with Gasteiger partial charge in [0.15, 0.2) is 0 Å². The standard InChI is InChI=1S/C20H19N3O5/c1-26-9-10-27-17-3-2-4-18-20(17)16(12-28-18)22-19-8-5-13-11-14(23(24)25)6-7-15(13)21-19/h2-8,11,16H,9-10,12H2,1H3,(H,21,22)/t16-/m1/s1. The lowest BCUT2D eigenvalue weighted by molar-refractivity contribution is -0.384. The number of pyridine rings is 1. The summed E-state index contributed by atoms with van der Waals surface area (Å²) in [6.45, 7) is 1.41. The minimum atomic E-state index is -0.413. The zero-order valence-corrected chi connectivity index (χ0v) is 15.3. The summed E-state index contributed by atoms with van der Waals surface area (Å²) in [7, 11) is 1.63. The number of benzene rings is 2. The molecule has 1 atom stereocenters. The van der Waals surface area contributed by atoms with Crippen LogP contribution in [0.25, 0.3) is 10.9 Å². The van der Waals surface area contributed by atoms with Crippen molar-refractivity contribution >= 4 is 22.4 Å². The van der Waals surface area contributed by atoms with E-state index < -0.39 is 4.92 Å². The van der Waals surface area contributed by atoms with Crippen molar-refractivity contribution in [3.8, 4) is 11.5 Å². The van der Waals surface area contributed by atoms with Gasteiger partial charge >= 0.3 is 0 Å². The van der Waals surface area contributed by atoms with Crippen LogP contribution in [0.15, 0.2) is 48.5 Å². The maximum absolute atomic E-state index is 10.9. The predicted molar refractivity (Wildman–Crippen MR) is 104 cm³/mol. The predicted octanol–water partition coefficient (Wildman–Crippen LogP) is 3.71. The number of non-ortho nitro benzene ring substituents is 1. The number of nitrogens with one attached hydrogen (secondary N) is 1. The third-order valence-corrected chi connectivity index (χ3v) is 4.53. The van der Waals surface area contributed by atoms with Crippen molar-refractivity contribution in [1.29, 1.82) is 0 Å². The number of fused-ring (bicyclic) bond motifs is 2. The molecule has 8 heteroatoms. The van der Waals surface area contributed by atoms with Crippen LogP contribution >= 0.6 is 0 Å². The van der Waals surface area contributed by atoms with Crippen molar-refractivity contribution in [2.45, 2.75) is 6.04 Å². The Morgan fingerprint density at radius 1 is 1.25 bits per heavy atom. The highest BCUT2D eigenvalue weighted by Gasteiger charge is 2.28. The summed E-state index contributed by atoms with van der Waals surface area (Å²) in [6.07, 6.45) is 0. The van der Waals surface area contributed by atoms with Gasteiger partial charge in [-0.3, -0.25) is 10.1 Å². The molecule has 1 N–H and O–H groups in total. The van der Waals surface area contributed by atoms with Crippen LogP contribution in [-0.2, 0) is 4.74 Å². The van der Waals surface area contributed by atoms with E-state index in [-0.39, 0.29) is 11.7 Å². The molecule has 4 rings (SSSR count). The Kier molecular flexibility index (Phi) is 4.94. The average Bonchev–Trinajstić information content (AvgIpc) is 3.11. The Balaban J connectivity index is 1.58. The van der Waals surface area contributed by atoms with Gasteiger partial charge in [-0.25, -0.2) is 4.98 Å². The van der Waals surface area contributed by atoms with Crippen molar-refractivity contribution in [3.05, 3.63) is 64.2 Å². The molecule has 0 aliphatic carbocycles. The van der Waals surface area contributed by atoms with Crippen molar-refractivity contribution in [1.82, 2.24) is 4.98 Å². The highest BCUT2D eigenvalue weighted by atomic mass is 16.6. The smallest absolute Gasteiger partial charge is 0.270 e. The van der Waals surface area contributed by atoms with Gasteiger partial charge in [0, 0.05) is 24.6 Å². The molecule has 0 spiro atoms. The van der Waals surface area contributed by atoms with Crippen LogP contribution in [0.1, 0.15) is 11.6 Å². The summed E-state index contributed by atoms with van der Waals surface area (Å²) >= 11 is 0. The van der Waals surface area contributed by atoms with E-state index in [4.69, 9.17) is 14.2 Å². The normalized spacial score (nSPS) is 15.1. The summed E-state index contributed by atoms with van der Waals surface area (Å²) < 4.78 is 16.7. The lowest BCUT2D eigenvalue weighted by atomic mass is 10.1. The zero-order chi connectivity index (χ0) is 19.5. The molecule has 2 heterocycles. The number of nitrogens with zero attached hydrogens (tertiary/aromatic N) is 2. The summed E-state index contributed by atoms with van der Waals surface area (Å²) in [6, 6.07) is 13.8. The topological polar surface area (TPSA) is 95.8 Å². The minimum absolute atomic E-state index is 0.0472. The first-order valence-electron chi connectivity index (χ1n) is 8.85. The first kappa shape index (κ1) is 18.0. The number of rotatable bonds is 7. The van der Waals surface area contributed by atoms with Gasteiger partial charge in [0.05, 0.1) is 28.7 Å².